The highest BCUT2D eigenvalue weighted by atomic mass is 28.4. The summed E-state index contributed by atoms with van der Waals surface area (Å²) in [6.07, 6.45) is 0.866. The monoisotopic (exact) mass is 619 g/mol. The Bertz CT molecular complexity index is 1400. The number of aromatic nitrogens is 1. The molecule has 2 spiro atoms. The fourth-order valence-electron chi connectivity index (χ4n) is 7.52. The predicted molar refractivity (Wildman–Crippen MR) is 160 cm³/mol. The molecule has 2 aliphatic carbocycles. The average Bonchev–Trinajstić information content (AvgIpc) is 3.19. The van der Waals surface area contributed by atoms with Crippen LogP contribution in [0.25, 0.3) is 0 Å². The van der Waals surface area contributed by atoms with Crippen LogP contribution < -0.4 is 0 Å². The Morgan fingerprint density at radius 2 is 1.70 bits per heavy atom. The number of hydrogen-bond acceptors (Lipinski definition) is 4. The van der Waals surface area contributed by atoms with Crippen molar-refractivity contribution in [1.29, 1.82) is 0 Å². The van der Waals surface area contributed by atoms with E-state index in [1.54, 1.807) is 0 Å². The lowest BCUT2D eigenvalue weighted by molar-refractivity contribution is -0.138. The second kappa shape index (κ2) is 10.4. The number of fused-ring (bicyclic) bond motifs is 4. The van der Waals surface area contributed by atoms with Gasteiger partial charge < -0.3 is 13.9 Å². The van der Waals surface area contributed by atoms with Crippen LogP contribution in [0.15, 0.2) is 18.2 Å². The van der Waals surface area contributed by atoms with Crippen molar-refractivity contribution in [3.63, 3.8) is 0 Å². The number of benzene rings is 1. The summed E-state index contributed by atoms with van der Waals surface area (Å²) in [4.78, 5) is 5.37. The third kappa shape index (κ3) is 5.20. The van der Waals surface area contributed by atoms with Crippen LogP contribution in [-0.4, -0.2) is 26.5 Å². The van der Waals surface area contributed by atoms with Crippen molar-refractivity contribution < 1.29 is 31.5 Å². The quantitative estimate of drug-likeness (QED) is 0.252. The standard InChI is InChI=1S/C34H45F4NO3Si/c1-20(2)29-27-28(26-24(39-29)18-32(11-8-12-32)19-25(26)42-43(6,7)31(3,4)5)33(13-15-40-16-14-33)41-30(27)22-10-9-21(17-23(22)35)34(36,37)38/h9-10,17,20,25,30H,8,11-16,18-19H2,1-7H3. The molecule has 1 aromatic heterocycles. The molecule has 2 unspecified atom stereocenters. The normalized spacial score (nSPS) is 24.7. The lowest BCUT2D eigenvalue weighted by Crippen LogP contribution is -2.47. The van der Waals surface area contributed by atoms with Gasteiger partial charge in [0.1, 0.15) is 11.9 Å². The van der Waals surface area contributed by atoms with Gasteiger partial charge in [0.25, 0.3) is 0 Å². The maximum absolute atomic E-state index is 15.7. The van der Waals surface area contributed by atoms with Crippen LogP contribution in [0.1, 0.15) is 130 Å². The number of halogens is 4. The molecule has 4 aliphatic rings. The first kappa shape index (κ1) is 31.2. The number of nitrogens with zero attached hydrogens (tertiary/aromatic N) is 1. The molecule has 2 aromatic rings. The van der Waals surface area contributed by atoms with E-state index in [1.165, 1.54) is 12.5 Å². The maximum Gasteiger partial charge on any atom is 0.416 e. The van der Waals surface area contributed by atoms with E-state index in [1.807, 2.05) is 0 Å². The molecule has 4 nitrogen and oxygen atoms in total. The summed E-state index contributed by atoms with van der Waals surface area (Å²) < 4.78 is 76.2. The largest absolute Gasteiger partial charge is 0.416 e. The summed E-state index contributed by atoms with van der Waals surface area (Å²) in [6.45, 7) is 16.5. The smallest absolute Gasteiger partial charge is 0.410 e. The van der Waals surface area contributed by atoms with Crippen molar-refractivity contribution >= 4 is 8.32 Å². The molecule has 3 heterocycles. The fourth-order valence-corrected chi connectivity index (χ4v) is 8.79. The summed E-state index contributed by atoms with van der Waals surface area (Å²) in [5.41, 5.74) is 3.43. The zero-order chi connectivity index (χ0) is 31.2. The Morgan fingerprint density at radius 1 is 1.02 bits per heavy atom. The van der Waals surface area contributed by atoms with Crippen molar-refractivity contribution in [2.75, 3.05) is 13.2 Å². The van der Waals surface area contributed by atoms with Crippen LogP contribution in [0.5, 0.6) is 0 Å². The van der Waals surface area contributed by atoms with E-state index < -0.39 is 37.6 Å². The Morgan fingerprint density at radius 3 is 2.23 bits per heavy atom. The topological polar surface area (TPSA) is 40.6 Å². The van der Waals surface area contributed by atoms with Crippen LogP contribution in [0.2, 0.25) is 18.1 Å². The highest BCUT2D eigenvalue weighted by Crippen LogP contribution is 2.62. The van der Waals surface area contributed by atoms with Gasteiger partial charge in [0, 0.05) is 54.1 Å². The van der Waals surface area contributed by atoms with E-state index in [4.69, 9.17) is 18.9 Å². The molecule has 0 radical (unpaired) electrons. The Kier molecular flexibility index (Phi) is 7.51. The second-order valence-corrected chi connectivity index (χ2v) is 20.0. The van der Waals surface area contributed by atoms with Crippen molar-refractivity contribution in [1.82, 2.24) is 4.98 Å². The van der Waals surface area contributed by atoms with E-state index in [0.717, 1.165) is 59.8 Å². The third-order valence-electron chi connectivity index (χ3n) is 11.0. The number of pyridine rings is 1. The molecular weight excluding hydrogens is 574 g/mol. The molecule has 1 saturated carbocycles. The lowest BCUT2D eigenvalue weighted by Gasteiger charge is -2.51. The molecule has 0 N–H and O–H groups in total. The Labute approximate surface area is 254 Å². The predicted octanol–water partition coefficient (Wildman–Crippen LogP) is 9.67. The second-order valence-electron chi connectivity index (χ2n) is 15.2. The highest BCUT2D eigenvalue weighted by molar-refractivity contribution is 6.74. The number of rotatable bonds is 4. The molecule has 6 rings (SSSR count). The van der Waals surface area contributed by atoms with Crippen LogP contribution in [0, 0.1) is 11.2 Å². The van der Waals surface area contributed by atoms with Crippen molar-refractivity contribution in [2.24, 2.45) is 5.41 Å². The van der Waals surface area contributed by atoms with E-state index in [0.29, 0.717) is 32.1 Å². The molecule has 0 bridgehead atoms. The first-order valence-corrected chi connectivity index (χ1v) is 18.7. The van der Waals surface area contributed by atoms with Crippen molar-refractivity contribution in [3.05, 3.63) is 63.2 Å². The van der Waals surface area contributed by atoms with Gasteiger partial charge in [0.2, 0.25) is 0 Å². The molecule has 2 atom stereocenters. The van der Waals surface area contributed by atoms with Crippen LogP contribution in [0.3, 0.4) is 0 Å². The van der Waals surface area contributed by atoms with Gasteiger partial charge in [-0.1, -0.05) is 47.1 Å². The van der Waals surface area contributed by atoms with E-state index in [-0.39, 0.29) is 28.0 Å². The van der Waals surface area contributed by atoms with Crippen LogP contribution in [-0.2, 0) is 32.1 Å². The maximum atomic E-state index is 15.7. The molecular formula is C34H45F4NO3Si. The zero-order valence-electron chi connectivity index (χ0n) is 26.5. The minimum absolute atomic E-state index is 0.00458. The summed E-state index contributed by atoms with van der Waals surface area (Å²) >= 11 is 0. The van der Waals surface area contributed by atoms with Gasteiger partial charge in [0.15, 0.2) is 8.32 Å². The van der Waals surface area contributed by atoms with Gasteiger partial charge in [-0.15, -0.1) is 0 Å². The van der Waals surface area contributed by atoms with Gasteiger partial charge in [0.05, 0.1) is 17.3 Å². The summed E-state index contributed by atoms with van der Waals surface area (Å²) in [7, 11) is -2.22. The zero-order valence-corrected chi connectivity index (χ0v) is 27.5. The molecule has 43 heavy (non-hydrogen) atoms. The van der Waals surface area contributed by atoms with Gasteiger partial charge in [-0.3, -0.25) is 4.98 Å². The van der Waals surface area contributed by atoms with Gasteiger partial charge in [-0.05, 0) is 72.8 Å². The summed E-state index contributed by atoms with van der Waals surface area (Å²) in [5.74, 6) is -0.901. The van der Waals surface area contributed by atoms with Crippen molar-refractivity contribution in [2.45, 2.75) is 128 Å². The average molecular weight is 620 g/mol. The molecule has 9 heteroatoms. The summed E-state index contributed by atoms with van der Waals surface area (Å²) in [5, 5.41) is 0.00458. The minimum Gasteiger partial charge on any atom is -0.410 e. The number of ether oxygens (including phenoxy) is 2. The Balaban J connectivity index is 1.60. The Hall–Kier alpha value is -1.81. The van der Waals surface area contributed by atoms with E-state index in [2.05, 4.69) is 47.7 Å². The first-order chi connectivity index (χ1) is 20.0. The highest BCUT2D eigenvalue weighted by Gasteiger charge is 2.55. The molecule has 0 amide bonds. The lowest BCUT2D eigenvalue weighted by atomic mass is 9.58. The van der Waals surface area contributed by atoms with Gasteiger partial charge in [-0.25, -0.2) is 4.39 Å². The minimum atomic E-state index is -4.63. The summed E-state index contributed by atoms with van der Waals surface area (Å²) in [6, 6.07) is 2.81. The SMILES string of the molecule is CC(C)c1nc2c(c3c1C(c1ccc(C(F)(F)F)cc1F)OC31CCOCC1)C(O[Si](C)(C)C(C)(C)C)CC1(CCC1)C2. The third-order valence-corrected chi connectivity index (χ3v) is 15.5. The first-order valence-electron chi connectivity index (χ1n) is 15.8. The van der Waals surface area contributed by atoms with E-state index in [9.17, 15) is 13.2 Å². The fraction of sp³-hybridized carbons (Fsp3) is 0.676. The molecule has 2 aliphatic heterocycles. The molecule has 236 valence electrons. The number of alkyl halides is 3. The van der Waals surface area contributed by atoms with Crippen LogP contribution >= 0.6 is 0 Å². The van der Waals surface area contributed by atoms with Crippen LogP contribution in [0.4, 0.5) is 17.6 Å². The van der Waals surface area contributed by atoms with E-state index >= 15 is 4.39 Å². The van der Waals surface area contributed by atoms with Gasteiger partial charge in [-0.2, -0.15) is 13.2 Å². The molecule has 1 aromatic carbocycles. The number of hydrogen-bond donors (Lipinski definition) is 0. The molecule has 2 fully saturated rings. The van der Waals surface area contributed by atoms with Gasteiger partial charge >= 0.3 is 6.18 Å². The molecule has 1 saturated heterocycles. The van der Waals surface area contributed by atoms with Crippen molar-refractivity contribution in [3.8, 4) is 0 Å².